The minimum atomic E-state index is -0.479. The maximum atomic E-state index is 12.8. The Balaban J connectivity index is 1.78. The minimum absolute atomic E-state index is 0.00203. The topological polar surface area (TPSA) is 84.0 Å². The van der Waals surface area contributed by atoms with Crippen LogP contribution in [0.15, 0.2) is 47.5 Å². The number of ketones is 1. The van der Waals surface area contributed by atoms with Crippen LogP contribution in [0.1, 0.15) is 45.5 Å². The van der Waals surface area contributed by atoms with Crippen LogP contribution < -0.4 is 10.9 Å². The Morgan fingerprint density at radius 3 is 2.81 bits per heavy atom. The Labute approximate surface area is 156 Å². The summed E-state index contributed by atoms with van der Waals surface area (Å²) in [6.07, 6.45) is 6.05. The lowest BCUT2D eigenvalue weighted by molar-refractivity contribution is 0.0961. The number of fused-ring (bicyclic) bond motifs is 1. The predicted molar refractivity (Wildman–Crippen MR) is 103 cm³/mol. The summed E-state index contributed by atoms with van der Waals surface area (Å²) in [5.41, 5.74) is 1.88. The van der Waals surface area contributed by atoms with Crippen LogP contribution in [0.3, 0.4) is 0 Å². The molecule has 138 valence electrons. The standard InChI is InChI=1S/C21H21N3O3/c1-22-20(26)17-10-16(18(25)9-13-5-6-13)12-24(21(17)27)11-15-4-2-3-14-7-8-23-19(14)15/h2-4,7-8,10,12-13,23H,5-6,9,11H2,1H3,(H,22,26). The van der Waals surface area contributed by atoms with Crippen molar-refractivity contribution in [1.82, 2.24) is 14.9 Å². The number of amides is 1. The number of benzene rings is 1. The normalized spacial score (nSPS) is 13.7. The summed E-state index contributed by atoms with van der Waals surface area (Å²) in [4.78, 5) is 40.8. The van der Waals surface area contributed by atoms with Crippen molar-refractivity contribution in [1.29, 1.82) is 0 Å². The molecule has 0 spiro atoms. The van der Waals surface area contributed by atoms with Gasteiger partial charge in [0.1, 0.15) is 5.56 Å². The van der Waals surface area contributed by atoms with Crippen LogP contribution in [0.25, 0.3) is 10.9 Å². The first-order chi connectivity index (χ1) is 13.1. The molecule has 0 unspecified atom stereocenters. The van der Waals surface area contributed by atoms with Crippen molar-refractivity contribution in [3.63, 3.8) is 0 Å². The fourth-order valence-corrected chi connectivity index (χ4v) is 3.37. The highest BCUT2D eigenvalue weighted by molar-refractivity contribution is 6.00. The second-order valence-electron chi connectivity index (χ2n) is 7.08. The molecule has 0 aliphatic heterocycles. The number of aromatic nitrogens is 2. The number of pyridine rings is 1. The lowest BCUT2D eigenvalue weighted by Gasteiger charge is -2.12. The molecular weight excluding hydrogens is 342 g/mol. The third kappa shape index (κ3) is 3.43. The first-order valence-corrected chi connectivity index (χ1v) is 9.11. The molecule has 2 heterocycles. The summed E-state index contributed by atoms with van der Waals surface area (Å²) >= 11 is 0. The van der Waals surface area contributed by atoms with E-state index in [1.54, 1.807) is 6.20 Å². The van der Waals surface area contributed by atoms with E-state index in [4.69, 9.17) is 0 Å². The molecule has 3 aromatic rings. The first-order valence-electron chi connectivity index (χ1n) is 9.11. The van der Waals surface area contributed by atoms with Crippen LogP contribution >= 0.6 is 0 Å². The fourth-order valence-electron chi connectivity index (χ4n) is 3.37. The number of carbonyl (C=O) groups excluding carboxylic acids is 2. The number of aromatic amines is 1. The number of para-hydroxylation sites is 1. The Morgan fingerprint density at radius 1 is 1.26 bits per heavy atom. The van der Waals surface area contributed by atoms with Gasteiger partial charge in [-0.1, -0.05) is 18.2 Å². The van der Waals surface area contributed by atoms with Crippen molar-refractivity contribution in [3.8, 4) is 0 Å². The van der Waals surface area contributed by atoms with E-state index in [0.29, 0.717) is 17.9 Å². The van der Waals surface area contributed by atoms with Crippen LogP contribution in [-0.2, 0) is 6.54 Å². The first kappa shape index (κ1) is 17.3. The van der Waals surface area contributed by atoms with Crippen molar-refractivity contribution < 1.29 is 9.59 Å². The van der Waals surface area contributed by atoms with E-state index in [2.05, 4.69) is 10.3 Å². The molecule has 1 fully saturated rings. The van der Waals surface area contributed by atoms with E-state index in [1.165, 1.54) is 17.7 Å². The van der Waals surface area contributed by atoms with Crippen LogP contribution in [0, 0.1) is 5.92 Å². The van der Waals surface area contributed by atoms with Gasteiger partial charge in [-0.05, 0) is 41.8 Å². The zero-order valence-electron chi connectivity index (χ0n) is 15.1. The molecule has 2 N–H and O–H groups in total. The second-order valence-corrected chi connectivity index (χ2v) is 7.08. The molecule has 0 radical (unpaired) electrons. The number of Topliss-reactive ketones (excluding diaryl/α,β-unsaturated/α-hetero) is 1. The second kappa shape index (κ2) is 6.87. The SMILES string of the molecule is CNC(=O)c1cc(C(=O)CC2CC2)cn(Cc2cccc3cc[nH]c23)c1=O. The quantitative estimate of drug-likeness (QED) is 0.661. The van der Waals surface area contributed by atoms with Gasteiger partial charge >= 0.3 is 0 Å². The highest BCUT2D eigenvalue weighted by Gasteiger charge is 2.26. The van der Waals surface area contributed by atoms with Crippen molar-refractivity contribution in [2.45, 2.75) is 25.8 Å². The fraction of sp³-hybridized carbons (Fsp3) is 0.286. The molecule has 1 aliphatic carbocycles. The van der Waals surface area contributed by atoms with Gasteiger partial charge in [-0.3, -0.25) is 14.4 Å². The van der Waals surface area contributed by atoms with Gasteiger partial charge in [-0.25, -0.2) is 0 Å². The zero-order chi connectivity index (χ0) is 19.0. The number of hydrogen-bond acceptors (Lipinski definition) is 3. The van der Waals surface area contributed by atoms with Crippen LogP contribution in [0.4, 0.5) is 0 Å². The molecule has 1 aromatic carbocycles. The molecule has 4 rings (SSSR count). The number of H-pyrrole nitrogens is 1. The summed E-state index contributed by atoms with van der Waals surface area (Å²) in [6, 6.07) is 9.25. The lowest BCUT2D eigenvalue weighted by Crippen LogP contribution is -2.32. The van der Waals surface area contributed by atoms with Crippen molar-refractivity contribution >= 4 is 22.6 Å². The maximum Gasteiger partial charge on any atom is 0.263 e. The highest BCUT2D eigenvalue weighted by atomic mass is 16.2. The van der Waals surface area contributed by atoms with E-state index in [9.17, 15) is 14.4 Å². The van der Waals surface area contributed by atoms with Gasteiger partial charge in [0.25, 0.3) is 11.5 Å². The van der Waals surface area contributed by atoms with Crippen molar-refractivity contribution in [2.75, 3.05) is 7.05 Å². The summed E-state index contributed by atoms with van der Waals surface area (Å²) in [6.45, 7) is 0.283. The number of hydrogen-bond donors (Lipinski definition) is 2. The van der Waals surface area contributed by atoms with Crippen molar-refractivity contribution in [2.24, 2.45) is 5.92 Å². The zero-order valence-corrected chi connectivity index (χ0v) is 15.1. The van der Waals surface area contributed by atoms with Gasteiger partial charge in [0.15, 0.2) is 5.78 Å². The Morgan fingerprint density at radius 2 is 2.07 bits per heavy atom. The smallest absolute Gasteiger partial charge is 0.263 e. The molecule has 0 saturated heterocycles. The molecule has 1 aliphatic rings. The predicted octanol–water partition coefficient (Wildman–Crippen LogP) is 2.72. The largest absolute Gasteiger partial charge is 0.361 e. The molecular formula is C21H21N3O3. The summed E-state index contributed by atoms with van der Waals surface area (Å²) < 4.78 is 1.46. The van der Waals surface area contributed by atoms with E-state index >= 15 is 0 Å². The van der Waals surface area contributed by atoms with Gasteiger partial charge in [0, 0.05) is 31.4 Å². The Bertz CT molecular complexity index is 1090. The number of carbonyl (C=O) groups is 2. The maximum absolute atomic E-state index is 12.8. The average molecular weight is 363 g/mol. The number of nitrogens with one attached hydrogen (secondary N) is 2. The Kier molecular flexibility index (Phi) is 4.39. The summed E-state index contributed by atoms with van der Waals surface area (Å²) in [5.74, 6) is -0.0589. The Hall–Kier alpha value is -3.15. The molecule has 27 heavy (non-hydrogen) atoms. The molecule has 0 bridgehead atoms. The molecule has 2 aromatic heterocycles. The minimum Gasteiger partial charge on any atom is -0.361 e. The average Bonchev–Trinajstić information content (AvgIpc) is 3.35. The molecule has 1 amide bonds. The monoisotopic (exact) mass is 363 g/mol. The van der Waals surface area contributed by atoms with E-state index < -0.39 is 11.5 Å². The van der Waals surface area contributed by atoms with Crippen LogP contribution in [0.5, 0.6) is 0 Å². The molecule has 6 heteroatoms. The van der Waals surface area contributed by atoms with E-state index in [-0.39, 0.29) is 17.9 Å². The van der Waals surface area contributed by atoms with E-state index in [0.717, 1.165) is 29.3 Å². The summed E-state index contributed by atoms with van der Waals surface area (Å²) in [5, 5.41) is 3.54. The highest BCUT2D eigenvalue weighted by Crippen LogP contribution is 2.33. The van der Waals surface area contributed by atoms with Crippen LogP contribution in [0.2, 0.25) is 0 Å². The van der Waals surface area contributed by atoms with Gasteiger partial charge < -0.3 is 14.9 Å². The van der Waals surface area contributed by atoms with Gasteiger partial charge in [0.05, 0.1) is 12.1 Å². The third-order valence-electron chi connectivity index (χ3n) is 5.06. The molecule has 1 saturated carbocycles. The molecule has 6 nitrogen and oxygen atoms in total. The van der Waals surface area contributed by atoms with E-state index in [1.807, 2.05) is 30.5 Å². The number of rotatable bonds is 6. The summed E-state index contributed by atoms with van der Waals surface area (Å²) in [7, 11) is 1.48. The van der Waals surface area contributed by atoms with Gasteiger partial charge in [-0.2, -0.15) is 0 Å². The van der Waals surface area contributed by atoms with Crippen LogP contribution in [-0.4, -0.2) is 28.3 Å². The lowest BCUT2D eigenvalue weighted by atomic mass is 10.0. The van der Waals surface area contributed by atoms with Gasteiger partial charge in [0.2, 0.25) is 0 Å². The molecule has 0 atom stereocenters. The third-order valence-corrected chi connectivity index (χ3v) is 5.06. The van der Waals surface area contributed by atoms with Gasteiger partial charge in [-0.15, -0.1) is 0 Å². The number of nitrogens with zero attached hydrogens (tertiary/aromatic N) is 1. The van der Waals surface area contributed by atoms with Crippen molar-refractivity contribution in [3.05, 3.63) is 69.8 Å².